The molecule has 1 N–H and O–H groups in total. The lowest BCUT2D eigenvalue weighted by atomic mass is 10.1. The smallest absolute Gasteiger partial charge is 0.307 e. The lowest BCUT2D eigenvalue weighted by Crippen LogP contribution is -2.04. The third-order valence-corrected chi connectivity index (χ3v) is 5.16. The van der Waals surface area contributed by atoms with Gasteiger partial charge in [0.1, 0.15) is 5.82 Å². The molecule has 4 rings (SSSR count). The summed E-state index contributed by atoms with van der Waals surface area (Å²) < 4.78 is 2.31. The van der Waals surface area contributed by atoms with E-state index in [1.807, 2.05) is 13.8 Å². The fourth-order valence-electron chi connectivity index (χ4n) is 3.74. The van der Waals surface area contributed by atoms with Crippen molar-refractivity contribution in [3.8, 4) is 0 Å². The highest BCUT2D eigenvalue weighted by Crippen LogP contribution is 2.65. The second-order valence-electron chi connectivity index (χ2n) is 7.18. The van der Waals surface area contributed by atoms with E-state index in [4.69, 9.17) is 4.98 Å². The van der Waals surface area contributed by atoms with Gasteiger partial charge in [-0.1, -0.05) is 19.9 Å². The van der Waals surface area contributed by atoms with Crippen molar-refractivity contribution in [2.45, 2.75) is 45.6 Å². The van der Waals surface area contributed by atoms with Crippen LogP contribution in [0.2, 0.25) is 0 Å². The zero-order chi connectivity index (χ0) is 14.9. The van der Waals surface area contributed by atoms with E-state index in [1.54, 1.807) is 0 Å². The third kappa shape index (κ3) is 1.74. The molecule has 0 bridgehead atoms. The minimum absolute atomic E-state index is 0.0308. The topological polar surface area (TPSA) is 55.1 Å². The van der Waals surface area contributed by atoms with Gasteiger partial charge in [0.2, 0.25) is 0 Å². The molecule has 0 amide bonds. The van der Waals surface area contributed by atoms with E-state index in [2.05, 4.69) is 29.7 Å². The molecule has 21 heavy (non-hydrogen) atoms. The van der Waals surface area contributed by atoms with Crippen LogP contribution in [0.25, 0.3) is 11.0 Å². The van der Waals surface area contributed by atoms with E-state index in [0.29, 0.717) is 6.04 Å². The molecular formula is C17H20N2O2. The molecule has 1 aromatic heterocycles. The van der Waals surface area contributed by atoms with Gasteiger partial charge in [-0.15, -0.1) is 0 Å². The maximum Gasteiger partial charge on any atom is 0.307 e. The second kappa shape index (κ2) is 3.87. The number of imidazole rings is 1. The summed E-state index contributed by atoms with van der Waals surface area (Å²) in [5, 5.41) is 9.45. The Balaban J connectivity index is 1.89. The van der Waals surface area contributed by atoms with Crippen molar-refractivity contribution < 1.29 is 9.90 Å². The summed E-state index contributed by atoms with van der Waals surface area (Å²) in [5.41, 5.74) is 3.16. The van der Waals surface area contributed by atoms with Gasteiger partial charge in [0.05, 0.1) is 17.0 Å². The van der Waals surface area contributed by atoms with Gasteiger partial charge < -0.3 is 9.67 Å². The van der Waals surface area contributed by atoms with Crippen LogP contribution in [-0.2, 0) is 4.79 Å². The van der Waals surface area contributed by atoms with E-state index < -0.39 is 5.97 Å². The number of carboxylic acid groups (broad SMARTS) is 1. The molecule has 0 spiro atoms. The standard InChI is InChI=1S/C17H20N2O2/c1-9-4-7-12-11(8-9)18-15(19(12)10-5-6-10)13-14(16(20)21)17(13,2)3/h4,7-8,10,13-14H,5-6H2,1-3H3,(H,20,21). The highest BCUT2D eigenvalue weighted by Gasteiger charge is 2.65. The Labute approximate surface area is 123 Å². The molecule has 2 unspecified atom stereocenters. The predicted octanol–water partition coefficient (Wildman–Crippen LogP) is 3.50. The number of benzene rings is 1. The quantitative estimate of drug-likeness (QED) is 0.938. The molecule has 0 saturated heterocycles. The van der Waals surface area contributed by atoms with Crippen LogP contribution in [0, 0.1) is 18.3 Å². The Morgan fingerprint density at radius 2 is 2.10 bits per heavy atom. The number of aryl methyl sites for hydroxylation is 1. The fourth-order valence-corrected chi connectivity index (χ4v) is 3.74. The zero-order valence-electron chi connectivity index (χ0n) is 12.6. The lowest BCUT2D eigenvalue weighted by Gasteiger charge is -2.08. The Bertz CT molecular complexity index is 755. The van der Waals surface area contributed by atoms with E-state index >= 15 is 0 Å². The molecular weight excluding hydrogens is 264 g/mol. The molecule has 110 valence electrons. The summed E-state index contributed by atoms with van der Waals surface area (Å²) in [6, 6.07) is 6.85. The molecule has 0 aliphatic heterocycles. The Kier molecular flexibility index (Phi) is 2.37. The van der Waals surface area contributed by atoms with Crippen molar-refractivity contribution in [1.82, 2.24) is 9.55 Å². The van der Waals surface area contributed by atoms with Gasteiger partial charge in [-0.05, 0) is 42.9 Å². The molecule has 2 aliphatic rings. The first-order valence-corrected chi connectivity index (χ1v) is 7.62. The van der Waals surface area contributed by atoms with Crippen molar-refractivity contribution in [2.24, 2.45) is 11.3 Å². The van der Waals surface area contributed by atoms with Crippen molar-refractivity contribution in [1.29, 1.82) is 0 Å². The van der Waals surface area contributed by atoms with Crippen LogP contribution in [0.15, 0.2) is 18.2 Å². The number of carbonyl (C=O) groups is 1. The summed E-state index contributed by atoms with van der Waals surface area (Å²) in [7, 11) is 0. The van der Waals surface area contributed by atoms with Gasteiger partial charge in [0, 0.05) is 12.0 Å². The SMILES string of the molecule is Cc1ccc2c(c1)nc(C1C(C(=O)O)C1(C)C)n2C1CC1. The highest BCUT2D eigenvalue weighted by atomic mass is 16.4. The lowest BCUT2D eigenvalue weighted by molar-refractivity contribution is -0.139. The normalized spacial score (nSPS) is 27.0. The van der Waals surface area contributed by atoms with Crippen LogP contribution < -0.4 is 0 Å². The van der Waals surface area contributed by atoms with Crippen LogP contribution in [0.4, 0.5) is 0 Å². The summed E-state index contributed by atoms with van der Waals surface area (Å²) in [5.74, 6) is 0.00213. The van der Waals surface area contributed by atoms with Gasteiger partial charge in [-0.25, -0.2) is 4.98 Å². The maximum atomic E-state index is 11.5. The first-order chi connectivity index (χ1) is 9.91. The monoisotopic (exact) mass is 284 g/mol. The first-order valence-electron chi connectivity index (χ1n) is 7.62. The first kappa shape index (κ1) is 12.9. The number of hydrogen-bond acceptors (Lipinski definition) is 2. The Morgan fingerprint density at radius 1 is 1.38 bits per heavy atom. The van der Waals surface area contributed by atoms with Crippen molar-refractivity contribution >= 4 is 17.0 Å². The van der Waals surface area contributed by atoms with Crippen molar-refractivity contribution in [3.63, 3.8) is 0 Å². The molecule has 2 saturated carbocycles. The van der Waals surface area contributed by atoms with Crippen LogP contribution in [0.5, 0.6) is 0 Å². The molecule has 1 heterocycles. The van der Waals surface area contributed by atoms with Gasteiger partial charge in [-0.3, -0.25) is 4.79 Å². The fraction of sp³-hybridized carbons (Fsp3) is 0.529. The number of aromatic nitrogens is 2. The second-order valence-corrected chi connectivity index (χ2v) is 7.18. The highest BCUT2D eigenvalue weighted by molar-refractivity contribution is 5.80. The number of nitrogens with zero attached hydrogens (tertiary/aromatic N) is 2. The number of fused-ring (bicyclic) bond motifs is 1. The number of aliphatic carboxylic acids is 1. The van der Waals surface area contributed by atoms with Gasteiger partial charge in [0.25, 0.3) is 0 Å². The molecule has 2 aromatic rings. The molecule has 4 nitrogen and oxygen atoms in total. The van der Waals surface area contributed by atoms with E-state index in [0.717, 1.165) is 16.9 Å². The average molecular weight is 284 g/mol. The molecule has 1 aromatic carbocycles. The summed E-state index contributed by atoms with van der Waals surface area (Å²) in [6.45, 7) is 6.15. The minimum Gasteiger partial charge on any atom is -0.481 e. The summed E-state index contributed by atoms with van der Waals surface area (Å²) in [4.78, 5) is 16.3. The van der Waals surface area contributed by atoms with Crippen LogP contribution in [-0.4, -0.2) is 20.6 Å². The number of carboxylic acids is 1. The Hall–Kier alpha value is -1.84. The molecule has 2 fully saturated rings. The Morgan fingerprint density at radius 3 is 2.67 bits per heavy atom. The molecule has 0 radical (unpaired) electrons. The molecule has 2 aliphatic carbocycles. The van der Waals surface area contributed by atoms with Crippen molar-refractivity contribution in [3.05, 3.63) is 29.6 Å². The third-order valence-electron chi connectivity index (χ3n) is 5.16. The number of rotatable bonds is 3. The van der Waals surface area contributed by atoms with Gasteiger partial charge in [0.15, 0.2) is 0 Å². The largest absolute Gasteiger partial charge is 0.481 e. The van der Waals surface area contributed by atoms with Crippen LogP contribution in [0.3, 0.4) is 0 Å². The minimum atomic E-state index is -0.699. The number of hydrogen-bond donors (Lipinski definition) is 1. The van der Waals surface area contributed by atoms with E-state index in [9.17, 15) is 9.90 Å². The summed E-state index contributed by atoms with van der Waals surface area (Å²) >= 11 is 0. The van der Waals surface area contributed by atoms with Gasteiger partial charge in [-0.2, -0.15) is 0 Å². The predicted molar refractivity (Wildman–Crippen MR) is 80.4 cm³/mol. The van der Waals surface area contributed by atoms with E-state index in [-0.39, 0.29) is 17.3 Å². The van der Waals surface area contributed by atoms with Crippen LogP contribution >= 0.6 is 0 Å². The zero-order valence-corrected chi connectivity index (χ0v) is 12.6. The average Bonchev–Trinajstić information content (AvgIpc) is 3.27. The van der Waals surface area contributed by atoms with Gasteiger partial charge >= 0.3 is 5.97 Å². The molecule has 4 heteroatoms. The van der Waals surface area contributed by atoms with Crippen LogP contribution in [0.1, 0.15) is 50.0 Å². The van der Waals surface area contributed by atoms with Crippen molar-refractivity contribution in [2.75, 3.05) is 0 Å². The summed E-state index contributed by atoms with van der Waals surface area (Å²) in [6.07, 6.45) is 2.36. The maximum absolute atomic E-state index is 11.5. The molecule has 2 atom stereocenters. The van der Waals surface area contributed by atoms with E-state index in [1.165, 1.54) is 18.4 Å².